The minimum atomic E-state index is -0.284. The van der Waals surface area contributed by atoms with Gasteiger partial charge in [-0.05, 0) is 12.1 Å². The Morgan fingerprint density at radius 3 is 2.76 bits per heavy atom. The minimum Gasteiger partial charge on any atom is -0.365 e. The number of aromatic nitrogens is 2. The molecule has 0 saturated carbocycles. The first-order valence-electron chi connectivity index (χ1n) is 6.39. The third-order valence-corrected chi connectivity index (χ3v) is 3.57. The fraction of sp³-hybridized carbons (Fsp3) is 0.308. The number of carbonyl (C=O) groups is 1. The van der Waals surface area contributed by atoms with Crippen LogP contribution < -0.4 is 20.9 Å². The summed E-state index contributed by atoms with van der Waals surface area (Å²) in [7, 11) is 5.64. The van der Waals surface area contributed by atoms with Crippen LogP contribution in [0.1, 0.15) is 5.69 Å². The SMILES string of the molecule is CNc1nc(CNC(=O)Nc2ccc(N(C)C)nc2)cs1. The zero-order valence-corrected chi connectivity index (χ0v) is 13.0. The van der Waals surface area contributed by atoms with Crippen LogP contribution >= 0.6 is 11.3 Å². The summed E-state index contributed by atoms with van der Waals surface area (Å²) in [6.45, 7) is 0.382. The van der Waals surface area contributed by atoms with Gasteiger partial charge in [-0.3, -0.25) is 0 Å². The van der Waals surface area contributed by atoms with E-state index < -0.39 is 0 Å². The predicted octanol–water partition coefficient (Wildman–Crippen LogP) is 1.97. The van der Waals surface area contributed by atoms with Crippen molar-refractivity contribution in [3.63, 3.8) is 0 Å². The van der Waals surface area contributed by atoms with Gasteiger partial charge in [0.15, 0.2) is 5.13 Å². The molecule has 2 heterocycles. The Kier molecular flexibility index (Phi) is 4.94. The van der Waals surface area contributed by atoms with Crippen LogP contribution in [0.15, 0.2) is 23.7 Å². The summed E-state index contributed by atoms with van der Waals surface area (Å²) in [4.78, 5) is 22.2. The Bertz CT molecular complexity index is 595. The highest BCUT2D eigenvalue weighted by Gasteiger charge is 2.05. The Balaban J connectivity index is 1.83. The van der Waals surface area contributed by atoms with E-state index in [0.29, 0.717) is 12.2 Å². The number of hydrogen-bond donors (Lipinski definition) is 3. The van der Waals surface area contributed by atoms with Gasteiger partial charge in [0.1, 0.15) is 5.82 Å². The molecule has 3 N–H and O–H groups in total. The highest BCUT2D eigenvalue weighted by molar-refractivity contribution is 7.13. The topological polar surface area (TPSA) is 82.2 Å². The number of nitrogens with one attached hydrogen (secondary N) is 3. The first-order valence-corrected chi connectivity index (χ1v) is 7.27. The average Bonchev–Trinajstić information content (AvgIpc) is 2.94. The molecule has 0 aromatic carbocycles. The normalized spacial score (nSPS) is 10.0. The van der Waals surface area contributed by atoms with Crippen molar-refractivity contribution in [1.82, 2.24) is 15.3 Å². The maximum absolute atomic E-state index is 11.8. The molecule has 8 heteroatoms. The summed E-state index contributed by atoms with van der Waals surface area (Å²) in [5, 5.41) is 11.2. The van der Waals surface area contributed by atoms with Crippen molar-refractivity contribution in [2.24, 2.45) is 0 Å². The van der Waals surface area contributed by atoms with E-state index in [-0.39, 0.29) is 6.03 Å². The van der Waals surface area contributed by atoms with E-state index in [2.05, 4.69) is 25.9 Å². The molecular formula is C13H18N6OS. The number of nitrogens with zero attached hydrogens (tertiary/aromatic N) is 3. The second kappa shape index (κ2) is 6.89. The molecule has 0 bridgehead atoms. The molecule has 0 unspecified atom stereocenters. The number of rotatable bonds is 5. The highest BCUT2D eigenvalue weighted by Crippen LogP contribution is 2.14. The molecule has 0 atom stereocenters. The summed E-state index contributed by atoms with van der Waals surface area (Å²) >= 11 is 1.50. The van der Waals surface area contributed by atoms with Gasteiger partial charge in [-0.15, -0.1) is 11.3 Å². The van der Waals surface area contributed by atoms with E-state index in [0.717, 1.165) is 16.6 Å². The van der Waals surface area contributed by atoms with E-state index in [1.165, 1.54) is 11.3 Å². The van der Waals surface area contributed by atoms with E-state index in [4.69, 9.17) is 0 Å². The van der Waals surface area contributed by atoms with Crippen molar-refractivity contribution in [3.8, 4) is 0 Å². The summed E-state index contributed by atoms with van der Waals surface area (Å²) in [6.07, 6.45) is 1.62. The smallest absolute Gasteiger partial charge is 0.319 e. The molecule has 2 amide bonds. The molecule has 0 spiro atoms. The van der Waals surface area contributed by atoms with Gasteiger partial charge in [-0.2, -0.15) is 0 Å². The van der Waals surface area contributed by atoms with Crippen LogP contribution in [0.4, 0.5) is 21.4 Å². The van der Waals surface area contributed by atoms with E-state index in [9.17, 15) is 4.79 Å². The van der Waals surface area contributed by atoms with Crippen molar-refractivity contribution in [1.29, 1.82) is 0 Å². The van der Waals surface area contributed by atoms with Gasteiger partial charge in [-0.25, -0.2) is 14.8 Å². The molecule has 112 valence electrons. The monoisotopic (exact) mass is 306 g/mol. The first-order chi connectivity index (χ1) is 10.1. The number of amides is 2. The molecular weight excluding hydrogens is 288 g/mol. The van der Waals surface area contributed by atoms with Crippen LogP contribution in [-0.2, 0) is 6.54 Å². The Morgan fingerprint density at radius 2 is 2.19 bits per heavy atom. The predicted molar refractivity (Wildman–Crippen MR) is 86.1 cm³/mol. The molecule has 21 heavy (non-hydrogen) atoms. The Hall–Kier alpha value is -2.35. The molecule has 0 radical (unpaired) electrons. The van der Waals surface area contributed by atoms with Gasteiger partial charge < -0.3 is 20.9 Å². The molecule has 7 nitrogen and oxygen atoms in total. The van der Waals surface area contributed by atoms with Gasteiger partial charge in [-0.1, -0.05) is 0 Å². The van der Waals surface area contributed by atoms with Crippen molar-refractivity contribution in [3.05, 3.63) is 29.4 Å². The van der Waals surface area contributed by atoms with E-state index in [1.54, 1.807) is 6.20 Å². The van der Waals surface area contributed by atoms with Crippen LogP contribution in [0.2, 0.25) is 0 Å². The zero-order chi connectivity index (χ0) is 15.2. The number of hydrogen-bond acceptors (Lipinski definition) is 6. The number of anilines is 3. The molecule has 0 fully saturated rings. The van der Waals surface area contributed by atoms with E-state index in [1.807, 2.05) is 43.6 Å². The lowest BCUT2D eigenvalue weighted by molar-refractivity contribution is 0.251. The second-order valence-electron chi connectivity index (χ2n) is 4.50. The molecule has 2 rings (SSSR count). The van der Waals surface area contributed by atoms with Gasteiger partial charge in [0, 0.05) is 26.5 Å². The summed E-state index contributed by atoms with van der Waals surface area (Å²) < 4.78 is 0. The third kappa shape index (κ3) is 4.32. The Labute approximate surface area is 127 Å². The lowest BCUT2D eigenvalue weighted by atomic mass is 10.4. The largest absolute Gasteiger partial charge is 0.365 e. The van der Waals surface area contributed by atoms with Gasteiger partial charge in [0.05, 0.1) is 24.1 Å². The fourth-order valence-corrected chi connectivity index (χ4v) is 2.25. The van der Waals surface area contributed by atoms with Crippen LogP contribution in [0.3, 0.4) is 0 Å². The summed E-state index contributed by atoms with van der Waals surface area (Å²) in [5.74, 6) is 0.836. The second-order valence-corrected chi connectivity index (χ2v) is 5.36. The van der Waals surface area contributed by atoms with Gasteiger partial charge >= 0.3 is 6.03 Å². The van der Waals surface area contributed by atoms with Crippen molar-refractivity contribution in [2.75, 3.05) is 36.7 Å². The molecule has 0 aliphatic carbocycles. The van der Waals surface area contributed by atoms with Crippen LogP contribution in [0.25, 0.3) is 0 Å². The Morgan fingerprint density at radius 1 is 1.38 bits per heavy atom. The molecule has 0 aliphatic rings. The molecule has 2 aromatic rings. The third-order valence-electron chi connectivity index (χ3n) is 2.66. The standard InChI is InChI=1S/C13H18N6OS/c1-14-13-18-10(8-21-13)7-16-12(20)17-9-4-5-11(15-6-9)19(2)3/h4-6,8H,7H2,1-3H3,(H,14,18)(H2,16,17,20). The van der Waals surface area contributed by atoms with Gasteiger partial charge in [0.2, 0.25) is 0 Å². The van der Waals surface area contributed by atoms with Crippen molar-refractivity contribution >= 4 is 34.0 Å². The van der Waals surface area contributed by atoms with Crippen molar-refractivity contribution < 1.29 is 4.79 Å². The summed E-state index contributed by atoms with van der Waals surface area (Å²) in [5.41, 5.74) is 1.47. The quantitative estimate of drug-likeness (QED) is 0.787. The maximum atomic E-state index is 11.8. The average molecular weight is 306 g/mol. The molecule has 0 saturated heterocycles. The van der Waals surface area contributed by atoms with Gasteiger partial charge in [0.25, 0.3) is 0 Å². The van der Waals surface area contributed by atoms with Crippen LogP contribution in [0.5, 0.6) is 0 Å². The molecule has 0 aliphatic heterocycles. The first kappa shape index (κ1) is 15.0. The minimum absolute atomic E-state index is 0.284. The fourth-order valence-electron chi connectivity index (χ4n) is 1.57. The zero-order valence-electron chi connectivity index (χ0n) is 12.2. The van der Waals surface area contributed by atoms with Crippen LogP contribution in [0, 0.1) is 0 Å². The lowest BCUT2D eigenvalue weighted by Crippen LogP contribution is -2.28. The number of carbonyl (C=O) groups excluding carboxylic acids is 1. The maximum Gasteiger partial charge on any atom is 0.319 e. The summed E-state index contributed by atoms with van der Waals surface area (Å²) in [6, 6.07) is 3.37. The molecule has 2 aromatic heterocycles. The van der Waals surface area contributed by atoms with Crippen molar-refractivity contribution in [2.45, 2.75) is 6.54 Å². The van der Waals surface area contributed by atoms with E-state index >= 15 is 0 Å². The highest BCUT2D eigenvalue weighted by atomic mass is 32.1. The number of pyridine rings is 1. The van der Waals surface area contributed by atoms with Crippen LogP contribution in [-0.4, -0.2) is 37.1 Å². The lowest BCUT2D eigenvalue weighted by Gasteiger charge is -2.11. The number of thiazole rings is 1. The number of urea groups is 1.